The lowest BCUT2D eigenvalue weighted by Crippen LogP contribution is -2.29. The van der Waals surface area contributed by atoms with Crippen molar-refractivity contribution < 1.29 is 13.9 Å². The fourth-order valence-electron chi connectivity index (χ4n) is 4.17. The van der Waals surface area contributed by atoms with Crippen LogP contribution in [0.1, 0.15) is 23.5 Å². The average Bonchev–Trinajstić information content (AvgIpc) is 3.49. The molecule has 0 amide bonds. The lowest BCUT2D eigenvalue weighted by atomic mass is 10.0. The Labute approximate surface area is 208 Å². The molecule has 0 spiro atoms. The van der Waals surface area contributed by atoms with Gasteiger partial charge in [-0.1, -0.05) is 17.7 Å². The number of aromatic nitrogens is 1. The molecule has 0 unspecified atom stereocenters. The van der Waals surface area contributed by atoms with Crippen LogP contribution in [0.5, 0.6) is 11.5 Å². The molecule has 2 aromatic heterocycles. The molecule has 8 heteroatoms. The Morgan fingerprint density at radius 2 is 1.82 bits per heavy atom. The highest BCUT2D eigenvalue weighted by Crippen LogP contribution is 2.46. The van der Waals surface area contributed by atoms with Gasteiger partial charge in [-0.15, -0.1) is 0 Å². The van der Waals surface area contributed by atoms with Crippen molar-refractivity contribution in [3.8, 4) is 22.8 Å². The quantitative estimate of drug-likeness (QED) is 0.323. The third-order valence-corrected chi connectivity index (χ3v) is 6.36. The Morgan fingerprint density at radius 1 is 1.00 bits per heavy atom. The molecule has 0 radical (unpaired) electrons. The predicted octanol–water partition coefficient (Wildman–Crippen LogP) is 6.19. The van der Waals surface area contributed by atoms with Crippen LogP contribution in [0.15, 0.2) is 83.4 Å². The SMILES string of the molecule is COc1ccc(OC)c(N2C(=S)N[C@@H](c3ccccn3)[C@@H]2c2ccc(-c3ccc(Cl)cc3)o2)c1. The van der Waals surface area contributed by atoms with Gasteiger partial charge < -0.3 is 24.1 Å². The molecular weight excluding hydrogens is 470 g/mol. The lowest BCUT2D eigenvalue weighted by molar-refractivity contribution is 0.400. The van der Waals surface area contributed by atoms with Gasteiger partial charge in [0.15, 0.2) is 5.11 Å². The Kier molecular flexibility index (Phi) is 6.13. The predicted molar refractivity (Wildman–Crippen MR) is 137 cm³/mol. The van der Waals surface area contributed by atoms with Gasteiger partial charge in [0.05, 0.1) is 31.6 Å². The molecule has 0 bridgehead atoms. The number of nitrogens with zero attached hydrogens (tertiary/aromatic N) is 2. The van der Waals surface area contributed by atoms with Crippen molar-refractivity contribution in [1.82, 2.24) is 10.3 Å². The van der Waals surface area contributed by atoms with E-state index in [0.717, 1.165) is 28.5 Å². The maximum Gasteiger partial charge on any atom is 0.174 e. The second kappa shape index (κ2) is 9.37. The summed E-state index contributed by atoms with van der Waals surface area (Å²) >= 11 is 11.9. The smallest absolute Gasteiger partial charge is 0.174 e. The highest BCUT2D eigenvalue weighted by molar-refractivity contribution is 7.80. The van der Waals surface area contributed by atoms with E-state index in [1.165, 1.54) is 0 Å². The minimum Gasteiger partial charge on any atom is -0.497 e. The first-order valence-electron chi connectivity index (χ1n) is 10.7. The summed E-state index contributed by atoms with van der Waals surface area (Å²) in [6.07, 6.45) is 1.77. The van der Waals surface area contributed by atoms with Gasteiger partial charge in [-0.3, -0.25) is 4.98 Å². The van der Waals surface area contributed by atoms with Crippen molar-refractivity contribution in [2.75, 3.05) is 19.1 Å². The summed E-state index contributed by atoms with van der Waals surface area (Å²) in [4.78, 5) is 6.59. The van der Waals surface area contributed by atoms with E-state index in [0.29, 0.717) is 21.6 Å². The molecule has 34 heavy (non-hydrogen) atoms. The Hall–Kier alpha value is -3.55. The number of nitrogens with one attached hydrogen (secondary N) is 1. The summed E-state index contributed by atoms with van der Waals surface area (Å²) in [5, 5.41) is 4.65. The number of hydrogen-bond donors (Lipinski definition) is 1. The van der Waals surface area contributed by atoms with Crippen LogP contribution in [0.25, 0.3) is 11.3 Å². The zero-order chi connectivity index (χ0) is 23.7. The maximum absolute atomic E-state index is 6.39. The third-order valence-electron chi connectivity index (χ3n) is 5.79. The van der Waals surface area contributed by atoms with Gasteiger partial charge in [-0.05, 0) is 72.9 Å². The van der Waals surface area contributed by atoms with Crippen molar-refractivity contribution in [2.24, 2.45) is 0 Å². The maximum atomic E-state index is 6.39. The highest BCUT2D eigenvalue weighted by atomic mass is 35.5. The first-order chi connectivity index (χ1) is 16.6. The zero-order valence-corrected chi connectivity index (χ0v) is 20.1. The van der Waals surface area contributed by atoms with Gasteiger partial charge in [0.1, 0.15) is 29.1 Å². The summed E-state index contributed by atoms with van der Waals surface area (Å²) in [5.41, 5.74) is 2.56. The van der Waals surface area contributed by atoms with Crippen molar-refractivity contribution in [3.63, 3.8) is 0 Å². The van der Waals surface area contributed by atoms with E-state index < -0.39 is 0 Å². The van der Waals surface area contributed by atoms with E-state index >= 15 is 0 Å². The van der Waals surface area contributed by atoms with E-state index in [2.05, 4.69) is 10.3 Å². The van der Waals surface area contributed by atoms with Gasteiger partial charge >= 0.3 is 0 Å². The largest absolute Gasteiger partial charge is 0.497 e. The van der Waals surface area contributed by atoms with Gasteiger partial charge in [-0.2, -0.15) is 0 Å². The summed E-state index contributed by atoms with van der Waals surface area (Å²) in [7, 11) is 3.26. The molecule has 5 rings (SSSR count). The molecule has 1 saturated heterocycles. The average molecular weight is 492 g/mol. The van der Waals surface area contributed by atoms with Crippen molar-refractivity contribution in [2.45, 2.75) is 12.1 Å². The number of benzene rings is 2. The van der Waals surface area contributed by atoms with Crippen molar-refractivity contribution in [1.29, 1.82) is 0 Å². The van der Waals surface area contributed by atoms with Crippen LogP contribution in [-0.4, -0.2) is 24.3 Å². The van der Waals surface area contributed by atoms with Gasteiger partial charge in [0.2, 0.25) is 0 Å². The van der Waals surface area contributed by atoms with E-state index in [-0.39, 0.29) is 12.1 Å². The molecule has 2 aromatic carbocycles. The van der Waals surface area contributed by atoms with Crippen LogP contribution in [0.4, 0.5) is 5.69 Å². The number of pyridine rings is 1. The molecule has 3 heterocycles. The van der Waals surface area contributed by atoms with Gasteiger partial charge in [0, 0.05) is 22.8 Å². The van der Waals surface area contributed by atoms with E-state index in [1.54, 1.807) is 20.4 Å². The number of hydrogen-bond acceptors (Lipinski definition) is 5. The third kappa shape index (κ3) is 4.08. The molecule has 1 aliphatic rings. The van der Waals surface area contributed by atoms with E-state index in [4.69, 9.17) is 37.7 Å². The number of furan rings is 1. The number of methoxy groups -OCH3 is 2. The summed E-state index contributed by atoms with van der Waals surface area (Å²) < 4.78 is 17.5. The fourth-order valence-corrected chi connectivity index (χ4v) is 4.63. The Bertz CT molecular complexity index is 1310. The molecule has 1 aliphatic heterocycles. The summed E-state index contributed by atoms with van der Waals surface area (Å²) in [6, 6.07) is 22.4. The molecule has 6 nitrogen and oxygen atoms in total. The van der Waals surface area contributed by atoms with Crippen LogP contribution < -0.4 is 19.7 Å². The second-order valence-corrected chi connectivity index (χ2v) is 8.57. The number of thiocarbonyl (C=S) groups is 1. The molecule has 0 saturated carbocycles. The minimum atomic E-state index is -0.315. The Morgan fingerprint density at radius 3 is 2.53 bits per heavy atom. The van der Waals surface area contributed by atoms with Gasteiger partial charge in [-0.25, -0.2) is 0 Å². The summed E-state index contributed by atoms with van der Waals surface area (Å²) in [6.45, 7) is 0. The molecule has 172 valence electrons. The standard InChI is InChI=1S/C26H22ClN3O3S/c1-31-18-10-11-22(32-2)20(15-18)30-25(24(29-26(30)34)19-5-3-4-14-28-19)23-13-12-21(33-23)16-6-8-17(27)9-7-16/h3-15,24-25H,1-2H3,(H,29,34)/t24-,25-/m0/s1. The summed E-state index contributed by atoms with van der Waals surface area (Å²) in [5.74, 6) is 2.83. The van der Waals surface area contributed by atoms with E-state index in [9.17, 15) is 0 Å². The fraction of sp³-hybridized carbons (Fsp3) is 0.154. The molecule has 1 N–H and O–H groups in total. The normalized spacial score (nSPS) is 17.5. The number of anilines is 1. The van der Waals surface area contributed by atoms with Crippen LogP contribution in [0.3, 0.4) is 0 Å². The minimum absolute atomic E-state index is 0.242. The molecule has 0 aliphatic carbocycles. The van der Waals surface area contributed by atoms with Crippen LogP contribution in [-0.2, 0) is 0 Å². The molecule has 1 fully saturated rings. The van der Waals surface area contributed by atoms with Crippen LogP contribution >= 0.6 is 23.8 Å². The number of ether oxygens (including phenoxy) is 2. The molecular formula is C26H22ClN3O3S. The van der Waals surface area contributed by atoms with Crippen LogP contribution in [0, 0.1) is 0 Å². The Balaban J connectivity index is 1.63. The molecule has 4 aromatic rings. The van der Waals surface area contributed by atoms with E-state index in [1.807, 2.05) is 77.7 Å². The van der Waals surface area contributed by atoms with Crippen molar-refractivity contribution in [3.05, 3.63) is 95.5 Å². The first-order valence-corrected chi connectivity index (χ1v) is 11.5. The second-order valence-electron chi connectivity index (χ2n) is 7.74. The monoisotopic (exact) mass is 491 g/mol. The zero-order valence-electron chi connectivity index (χ0n) is 18.6. The number of rotatable bonds is 6. The number of halogens is 1. The van der Waals surface area contributed by atoms with Gasteiger partial charge in [0.25, 0.3) is 0 Å². The lowest BCUT2D eigenvalue weighted by Gasteiger charge is -2.27. The highest BCUT2D eigenvalue weighted by Gasteiger charge is 2.43. The first kappa shape index (κ1) is 22.3. The van der Waals surface area contributed by atoms with Crippen molar-refractivity contribution >= 4 is 34.6 Å². The topological polar surface area (TPSA) is 59.8 Å². The molecule has 2 atom stereocenters. The van der Waals surface area contributed by atoms with Crippen LogP contribution in [0.2, 0.25) is 5.02 Å².